The number of hydrogen-bond acceptors (Lipinski definition) is 3. The summed E-state index contributed by atoms with van der Waals surface area (Å²) in [5.41, 5.74) is 4.43. The van der Waals surface area contributed by atoms with E-state index in [2.05, 4.69) is 9.97 Å². The summed E-state index contributed by atoms with van der Waals surface area (Å²) in [6.07, 6.45) is 2.43. The molecule has 0 bridgehead atoms. The largest absolute Gasteiger partial charge is 0.465 e. The molecular weight excluding hydrogens is 348 g/mol. The number of rotatable bonds is 3. The Morgan fingerprint density at radius 2 is 2.00 bits per heavy atom. The third-order valence-corrected chi connectivity index (χ3v) is 5.12. The molecule has 0 aliphatic carbocycles. The van der Waals surface area contributed by atoms with Crippen molar-refractivity contribution in [1.29, 1.82) is 0 Å². The van der Waals surface area contributed by atoms with Gasteiger partial charge in [-0.2, -0.15) is 0 Å². The number of carbonyl (C=O) groups excluding carboxylic acids is 1. The van der Waals surface area contributed by atoms with Crippen LogP contribution in [-0.4, -0.2) is 23.0 Å². The molecule has 0 aliphatic rings. The number of nitrogens with one attached hydrogen (secondary N) is 1. The summed E-state index contributed by atoms with van der Waals surface area (Å²) in [6.45, 7) is 2.02. The molecule has 0 amide bonds. The second kappa shape index (κ2) is 6.46. The van der Waals surface area contributed by atoms with Crippen molar-refractivity contribution < 1.29 is 9.53 Å². The van der Waals surface area contributed by atoms with Crippen LogP contribution in [0.15, 0.2) is 48.7 Å². The van der Waals surface area contributed by atoms with Crippen molar-refractivity contribution in [1.82, 2.24) is 9.97 Å². The average Bonchev–Trinajstić information content (AvgIpc) is 2.98. The number of aromatic amines is 1. The van der Waals surface area contributed by atoms with Gasteiger partial charge < -0.3 is 9.72 Å². The summed E-state index contributed by atoms with van der Waals surface area (Å²) in [5.74, 6) is -0.349. The van der Waals surface area contributed by atoms with Gasteiger partial charge >= 0.3 is 5.97 Å². The Morgan fingerprint density at radius 1 is 1.19 bits per heavy atom. The van der Waals surface area contributed by atoms with E-state index in [1.165, 1.54) is 7.11 Å². The number of hydrogen-bond donors (Lipinski definition) is 1. The molecule has 1 N–H and O–H groups in total. The SMILES string of the molecule is COC(=O)c1ccc2[nH]c(C)c(Cc3ncc4ccccc4c3Cl)c2c1. The van der Waals surface area contributed by atoms with Crippen LogP contribution in [-0.2, 0) is 11.2 Å². The van der Waals surface area contributed by atoms with Crippen LogP contribution in [0.25, 0.3) is 21.7 Å². The molecule has 4 nitrogen and oxygen atoms in total. The lowest BCUT2D eigenvalue weighted by Crippen LogP contribution is -2.01. The van der Waals surface area contributed by atoms with E-state index in [1.54, 1.807) is 6.07 Å². The lowest BCUT2D eigenvalue weighted by molar-refractivity contribution is 0.0601. The molecule has 0 fully saturated rings. The van der Waals surface area contributed by atoms with Gasteiger partial charge in [0.1, 0.15) is 0 Å². The molecule has 0 saturated heterocycles. The van der Waals surface area contributed by atoms with E-state index >= 15 is 0 Å². The Balaban J connectivity index is 1.83. The number of fused-ring (bicyclic) bond motifs is 2. The summed E-state index contributed by atoms with van der Waals surface area (Å²) < 4.78 is 4.83. The molecule has 0 saturated carbocycles. The van der Waals surface area contributed by atoms with Crippen molar-refractivity contribution in [2.45, 2.75) is 13.3 Å². The second-order valence-corrected chi connectivity index (χ2v) is 6.64. The van der Waals surface area contributed by atoms with Gasteiger partial charge in [-0.1, -0.05) is 35.9 Å². The molecule has 130 valence electrons. The highest BCUT2D eigenvalue weighted by atomic mass is 35.5. The number of ether oxygens (including phenoxy) is 1. The normalized spacial score (nSPS) is 11.2. The van der Waals surface area contributed by atoms with Crippen LogP contribution in [0.1, 0.15) is 27.3 Å². The summed E-state index contributed by atoms with van der Waals surface area (Å²) in [4.78, 5) is 19.8. The molecule has 0 aliphatic heterocycles. The standard InChI is InChI=1S/C21H17ClN2O2/c1-12-16(17-9-13(21(25)26-2)7-8-18(17)24-12)10-19-20(22)15-6-4-3-5-14(15)11-23-19/h3-9,11,24H,10H2,1-2H3. The van der Waals surface area contributed by atoms with Crippen molar-refractivity contribution in [3.63, 3.8) is 0 Å². The van der Waals surface area contributed by atoms with Gasteiger partial charge in [-0.05, 0) is 30.7 Å². The van der Waals surface area contributed by atoms with Crippen molar-refractivity contribution in [2.75, 3.05) is 7.11 Å². The number of aryl methyl sites for hydroxylation is 1. The highest BCUT2D eigenvalue weighted by molar-refractivity contribution is 6.36. The molecule has 0 spiro atoms. The second-order valence-electron chi connectivity index (χ2n) is 6.26. The monoisotopic (exact) mass is 364 g/mol. The Kier molecular flexibility index (Phi) is 4.13. The number of esters is 1. The first-order chi connectivity index (χ1) is 12.6. The van der Waals surface area contributed by atoms with Gasteiger partial charge in [0.15, 0.2) is 0 Å². The fourth-order valence-electron chi connectivity index (χ4n) is 3.31. The average molecular weight is 365 g/mol. The Hall–Kier alpha value is -2.85. The Labute approximate surface area is 155 Å². The first-order valence-electron chi connectivity index (χ1n) is 8.30. The molecular formula is C21H17ClN2O2. The van der Waals surface area contributed by atoms with Gasteiger partial charge in [-0.25, -0.2) is 4.79 Å². The fraction of sp³-hybridized carbons (Fsp3) is 0.143. The number of aromatic nitrogens is 2. The van der Waals surface area contributed by atoms with Crippen LogP contribution in [0.2, 0.25) is 5.02 Å². The Morgan fingerprint density at radius 3 is 2.81 bits per heavy atom. The molecule has 0 radical (unpaired) electrons. The smallest absolute Gasteiger partial charge is 0.337 e. The van der Waals surface area contributed by atoms with Gasteiger partial charge in [-0.15, -0.1) is 0 Å². The number of benzene rings is 2. The van der Waals surface area contributed by atoms with E-state index in [9.17, 15) is 4.79 Å². The lowest BCUT2D eigenvalue weighted by Gasteiger charge is -2.08. The van der Waals surface area contributed by atoms with Gasteiger partial charge in [-0.3, -0.25) is 4.98 Å². The molecule has 4 rings (SSSR count). The summed E-state index contributed by atoms with van der Waals surface area (Å²) in [7, 11) is 1.38. The van der Waals surface area contributed by atoms with Crippen LogP contribution in [0.5, 0.6) is 0 Å². The maximum atomic E-state index is 11.9. The van der Waals surface area contributed by atoms with Crippen molar-refractivity contribution in [3.05, 3.63) is 76.2 Å². The minimum atomic E-state index is -0.349. The van der Waals surface area contributed by atoms with Crippen molar-refractivity contribution >= 4 is 39.2 Å². The zero-order chi connectivity index (χ0) is 18.3. The first-order valence-corrected chi connectivity index (χ1v) is 8.68. The topological polar surface area (TPSA) is 55.0 Å². The lowest BCUT2D eigenvalue weighted by atomic mass is 10.0. The van der Waals surface area contributed by atoms with E-state index in [4.69, 9.17) is 16.3 Å². The quantitative estimate of drug-likeness (QED) is 0.517. The van der Waals surface area contributed by atoms with Crippen LogP contribution >= 0.6 is 11.6 Å². The maximum absolute atomic E-state index is 11.9. The van der Waals surface area contributed by atoms with Gasteiger partial charge in [0.05, 0.1) is 23.4 Å². The predicted molar refractivity (Wildman–Crippen MR) is 104 cm³/mol. The van der Waals surface area contributed by atoms with Crippen LogP contribution in [0.3, 0.4) is 0 Å². The minimum Gasteiger partial charge on any atom is -0.465 e. The van der Waals surface area contributed by atoms with Crippen molar-refractivity contribution in [3.8, 4) is 0 Å². The minimum absolute atomic E-state index is 0.349. The van der Waals surface area contributed by atoms with Crippen LogP contribution in [0, 0.1) is 6.92 Å². The number of pyridine rings is 1. The van der Waals surface area contributed by atoms with E-state index in [0.29, 0.717) is 17.0 Å². The molecule has 5 heteroatoms. The Bertz CT molecular complexity index is 1150. The van der Waals surface area contributed by atoms with Gasteiger partial charge in [0.25, 0.3) is 0 Å². The molecule has 2 heterocycles. The zero-order valence-corrected chi connectivity index (χ0v) is 15.2. The molecule has 2 aromatic heterocycles. The first kappa shape index (κ1) is 16.6. The molecule has 4 aromatic rings. The number of halogens is 1. The number of nitrogens with zero attached hydrogens (tertiary/aromatic N) is 1. The highest BCUT2D eigenvalue weighted by Gasteiger charge is 2.15. The molecule has 26 heavy (non-hydrogen) atoms. The number of carbonyl (C=O) groups is 1. The summed E-state index contributed by atoms with van der Waals surface area (Å²) >= 11 is 6.62. The summed E-state index contributed by atoms with van der Waals surface area (Å²) in [6, 6.07) is 13.4. The molecule has 2 aromatic carbocycles. The third kappa shape index (κ3) is 2.72. The summed E-state index contributed by atoms with van der Waals surface area (Å²) in [5, 5.41) is 3.66. The van der Waals surface area contributed by atoms with Gasteiger partial charge in [0, 0.05) is 40.0 Å². The zero-order valence-electron chi connectivity index (χ0n) is 14.5. The highest BCUT2D eigenvalue weighted by Crippen LogP contribution is 2.31. The van der Waals surface area contributed by atoms with Crippen LogP contribution < -0.4 is 0 Å². The van der Waals surface area contributed by atoms with Crippen LogP contribution in [0.4, 0.5) is 0 Å². The third-order valence-electron chi connectivity index (χ3n) is 4.69. The van der Waals surface area contributed by atoms with Crippen molar-refractivity contribution in [2.24, 2.45) is 0 Å². The molecule has 0 unspecified atom stereocenters. The van der Waals surface area contributed by atoms with Gasteiger partial charge in [0.2, 0.25) is 0 Å². The molecule has 0 atom stereocenters. The van der Waals surface area contributed by atoms with E-state index in [0.717, 1.165) is 38.6 Å². The van der Waals surface area contributed by atoms with E-state index in [1.807, 2.05) is 49.5 Å². The van der Waals surface area contributed by atoms with E-state index in [-0.39, 0.29) is 5.97 Å². The maximum Gasteiger partial charge on any atom is 0.337 e. The van der Waals surface area contributed by atoms with E-state index < -0.39 is 0 Å². The number of methoxy groups -OCH3 is 1. The predicted octanol–water partition coefficient (Wildman–Crippen LogP) is 5.06. The number of H-pyrrole nitrogens is 1. The fourth-order valence-corrected chi connectivity index (χ4v) is 3.60.